The number of nitrogens with one attached hydrogen (secondary N) is 3. The highest BCUT2D eigenvalue weighted by atomic mass is 35.5. The summed E-state index contributed by atoms with van der Waals surface area (Å²) in [4.78, 5) is 26.2. The van der Waals surface area contributed by atoms with Crippen LogP contribution in [-0.2, 0) is 16.1 Å². The lowest BCUT2D eigenvalue weighted by molar-refractivity contribution is -0.134. The summed E-state index contributed by atoms with van der Waals surface area (Å²) in [6, 6.07) is 20.6. The minimum absolute atomic E-state index is 0.210. The van der Waals surface area contributed by atoms with Crippen LogP contribution in [-0.4, -0.2) is 42.5 Å². The number of anilines is 3. The Hall–Kier alpha value is -3.81. The van der Waals surface area contributed by atoms with Crippen LogP contribution in [0.25, 0.3) is 11.3 Å². The third-order valence-corrected chi connectivity index (χ3v) is 5.53. The zero-order valence-corrected chi connectivity index (χ0v) is 19.6. The zero-order chi connectivity index (χ0) is 24.2. The molecule has 0 bridgehead atoms. The van der Waals surface area contributed by atoms with E-state index in [0.29, 0.717) is 27.7 Å². The van der Waals surface area contributed by atoms with Crippen LogP contribution in [0.15, 0.2) is 66.7 Å². The Balaban J connectivity index is 1.78. The van der Waals surface area contributed by atoms with E-state index in [2.05, 4.69) is 20.9 Å². The van der Waals surface area contributed by atoms with Crippen molar-refractivity contribution < 1.29 is 14.7 Å². The monoisotopic (exact) mass is 476 g/mol. The summed E-state index contributed by atoms with van der Waals surface area (Å²) >= 11 is 6.13. The Morgan fingerprint density at radius 1 is 1.03 bits per heavy atom. The van der Waals surface area contributed by atoms with E-state index >= 15 is 0 Å². The molecule has 1 amide bonds. The normalized spacial score (nSPS) is 13.9. The first-order chi connectivity index (χ1) is 16.3. The van der Waals surface area contributed by atoms with Crippen molar-refractivity contribution in [2.24, 2.45) is 0 Å². The van der Waals surface area contributed by atoms with Gasteiger partial charge in [0.15, 0.2) is 0 Å². The van der Waals surface area contributed by atoms with Gasteiger partial charge in [-0.3, -0.25) is 9.59 Å². The standard InChI is InChI=1S/C26H25ClN4O3/c1-31(2)15-16-6-9-19(10-7-16)29-25(17-4-3-5-20(12-17)28-14-23(32)33)24-21-11-8-18(27)13-22(21)30-26(24)34/h3-13,28-29H,14-15H2,1-2H3,(H,30,34)(H,32,33). The number of hydrogen-bond donors (Lipinski definition) is 4. The molecular weight excluding hydrogens is 452 g/mol. The molecule has 8 heteroatoms. The van der Waals surface area contributed by atoms with E-state index in [1.54, 1.807) is 18.2 Å². The molecule has 1 aliphatic rings. The minimum Gasteiger partial charge on any atom is -0.480 e. The number of carbonyl (C=O) groups excluding carboxylic acids is 1. The number of halogens is 1. The maximum absolute atomic E-state index is 13.1. The van der Waals surface area contributed by atoms with E-state index in [9.17, 15) is 9.59 Å². The Labute approximate surface area is 203 Å². The number of carbonyl (C=O) groups is 2. The first-order valence-electron chi connectivity index (χ1n) is 10.7. The fraction of sp³-hybridized carbons (Fsp3) is 0.154. The van der Waals surface area contributed by atoms with Gasteiger partial charge >= 0.3 is 5.97 Å². The fourth-order valence-electron chi connectivity index (χ4n) is 3.84. The van der Waals surface area contributed by atoms with Gasteiger partial charge < -0.3 is 26.0 Å². The van der Waals surface area contributed by atoms with E-state index in [4.69, 9.17) is 16.7 Å². The summed E-state index contributed by atoms with van der Waals surface area (Å²) in [6.07, 6.45) is 0. The van der Waals surface area contributed by atoms with Gasteiger partial charge in [-0.15, -0.1) is 0 Å². The molecule has 4 N–H and O–H groups in total. The molecule has 0 aliphatic carbocycles. The third-order valence-electron chi connectivity index (χ3n) is 5.29. The molecule has 0 atom stereocenters. The van der Waals surface area contributed by atoms with E-state index in [1.165, 1.54) is 5.56 Å². The van der Waals surface area contributed by atoms with E-state index in [-0.39, 0.29) is 12.5 Å². The van der Waals surface area contributed by atoms with Gasteiger partial charge in [0.25, 0.3) is 5.91 Å². The minimum atomic E-state index is -0.958. The molecule has 3 aromatic carbocycles. The van der Waals surface area contributed by atoms with Crippen LogP contribution < -0.4 is 16.0 Å². The molecular formula is C26H25ClN4O3. The molecule has 3 aromatic rings. The maximum atomic E-state index is 13.1. The topological polar surface area (TPSA) is 93.7 Å². The lowest BCUT2D eigenvalue weighted by Gasteiger charge is -2.17. The van der Waals surface area contributed by atoms with E-state index < -0.39 is 5.97 Å². The van der Waals surface area contributed by atoms with Crippen molar-refractivity contribution >= 4 is 51.8 Å². The van der Waals surface area contributed by atoms with E-state index in [0.717, 1.165) is 23.4 Å². The Bertz CT molecular complexity index is 1270. The summed E-state index contributed by atoms with van der Waals surface area (Å²) in [7, 11) is 4.03. The number of carboxylic acid groups (broad SMARTS) is 1. The molecule has 0 saturated heterocycles. The van der Waals surface area contributed by atoms with Crippen molar-refractivity contribution in [3.63, 3.8) is 0 Å². The van der Waals surface area contributed by atoms with Gasteiger partial charge in [-0.2, -0.15) is 0 Å². The van der Waals surface area contributed by atoms with Crippen LogP contribution in [0.5, 0.6) is 0 Å². The van der Waals surface area contributed by atoms with Gasteiger partial charge in [-0.05, 0) is 56.1 Å². The maximum Gasteiger partial charge on any atom is 0.322 e. The summed E-state index contributed by atoms with van der Waals surface area (Å²) < 4.78 is 0. The van der Waals surface area contributed by atoms with Crippen LogP contribution in [0.1, 0.15) is 16.7 Å². The predicted molar refractivity (Wildman–Crippen MR) is 137 cm³/mol. The number of benzene rings is 3. The zero-order valence-electron chi connectivity index (χ0n) is 18.9. The second kappa shape index (κ2) is 9.99. The first kappa shape index (κ1) is 23.4. The number of amides is 1. The van der Waals surface area contributed by atoms with Crippen molar-refractivity contribution in [3.05, 3.63) is 88.4 Å². The Kier molecular flexibility index (Phi) is 6.86. The molecule has 1 aliphatic heterocycles. The second-order valence-corrected chi connectivity index (χ2v) is 8.72. The van der Waals surface area contributed by atoms with Crippen LogP contribution >= 0.6 is 11.6 Å². The van der Waals surface area contributed by atoms with Crippen LogP contribution in [0, 0.1) is 0 Å². The number of rotatable bonds is 8. The van der Waals surface area contributed by atoms with Crippen LogP contribution in [0.3, 0.4) is 0 Å². The van der Waals surface area contributed by atoms with Crippen LogP contribution in [0.4, 0.5) is 17.1 Å². The fourth-order valence-corrected chi connectivity index (χ4v) is 4.01. The van der Waals surface area contributed by atoms with Crippen molar-refractivity contribution in [3.8, 4) is 0 Å². The van der Waals surface area contributed by atoms with Crippen LogP contribution in [0.2, 0.25) is 5.02 Å². The third kappa shape index (κ3) is 5.39. The summed E-state index contributed by atoms with van der Waals surface area (Å²) in [6.45, 7) is 0.611. The highest BCUT2D eigenvalue weighted by molar-refractivity contribution is 6.38. The summed E-state index contributed by atoms with van der Waals surface area (Å²) in [5, 5.41) is 18.7. The largest absolute Gasteiger partial charge is 0.480 e. The lowest BCUT2D eigenvalue weighted by atomic mass is 9.99. The van der Waals surface area contributed by atoms with Gasteiger partial charge in [0.1, 0.15) is 6.54 Å². The predicted octanol–water partition coefficient (Wildman–Crippen LogP) is 4.83. The smallest absolute Gasteiger partial charge is 0.322 e. The Morgan fingerprint density at radius 3 is 2.50 bits per heavy atom. The number of nitrogens with zero attached hydrogens (tertiary/aromatic N) is 1. The van der Waals surface area contributed by atoms with Crippen molar-refractivity contribution in [2.75, 3.05) is 36.6 Å². The second-order valence-electron chi connectivity index (χ2n) is 8.28. The first-order valence-corrected chi connectivity index (χ1v) is 11.1. The molecule has 0 radical (unpaired) electrons. The molecule has 174 valence electrons. The average molecular weight is 477 g/mol. The highest BCUT2D eigenvalue weighted by Crippen LogP contribution is 2.39. The number of hydrogen-bond acceptors (Lipinski definition) is 5. The SMILES string of the molecule is CN(C)Cc1ccc(NC(=C2C(=O)Nc3cc(Cl)ccc32)c2cccc(NCC(=O)O)c2)cc1. The number of aliphatic carboxylic acids is 1. The molecule has 0 spiro atoms. The molecule has 7 nitrogen and oxygen atoms in total. The van der Waals surface area contributed by atoms with Gasteiger partial charge in [0.05, 0.1) is 17.0 Å². The Morgan fingerprint density at radius 2 is 1.79 bits per heavy atom. The highest BCUT2D eigenvalue weighted by Gasteiger charge is 2.28. The number of carboxylic acids is 1. The van der Waals surface area contributed by atoms with Gasteiger partial charge in [0, 0.05) is 34.1 Å². The van der Waals surface area contributed by atoms with Crippen molar-refractivity contribution in [1.29, 1.82) is 0 Å². The van der Waals surface area contributed by atoms with E-state index in [1.807, 2.05) is 62.6 Å². The molecule has 0 aromatic heterocycles. The number of fused-ring (bicyclic) bond motifs is 1. The lowest BCUT2D eigenvalue weighted by Crippen LogP contribution is -2.13. The van der Waals surface area contributed by atoms with Gasteiger partial charge in [0.2, 0.25) is 0 Å². The average Bonchev–Trinajstić information content (AvgIpc) is 3.11. The van der Waals surface area contributed by atoms with Gasteiger partial charge in [-0.1, -0.05) is 41.9 Å². The molecule has 1 heterocycles. The molecule has 4 rings (SSSR count). The molecule has 0 fully saturated rings. The van der Waals surface area contributed by atoms with Crippen molar-refractivity contribution in [1.82, 2.24) is 4.90 Å². The van der Waals surface area contributed by atoms with Gasteiger partial charge in [-0.25, -0.2) is 0 Å². The molecule has 34 heavy (non-hydrogen) atoms. The van der Waals surface area contributed by atoms with Crippen molar-refractivity contribution in [2.45, 2.75) is 6.54 Å². The summed E-state index contributed by atoms with van der Waals surface area (Å²) in [5.74, 6) is -1.20. The quantitative estimate of drug-likeness (QED) is 0.348. The molecule has 0 unspecified atom stereocenters. The summed E-state index contributed by atoms with van der Waals surface area (Å²) in [5.41, 5.74) is 5.85. The molecule has 0 saturated carbocycles.